The summed E-state index contributed by atoms with van der Waals surface area (Å²) < 4.78 is 0. The van der Waals surface area contributed by atoms with Crippen molar-refractivity contribution < 1.29 is 5.21 Å². The zero-order valence-electron chi connectivity index (χ0n) is 19.9. The highest BCUT2D eigenvalue weighted by molar-refractivity contribution is 5.85. The molecule has 0 spiro atoms. The first-order chi connectivity index (χ1) is 13.8. The van der Waals surface area contributed by atoms with Crippen LogP contribution in [0.25, 0.3) is 0 Å². The van der Waals surface area contributed by atoms with Gasteiger partial charge in [0.1, 0.15) is 0 Å². The van der Waals surface area contributed by atoms with Crippen LogP contribution in [0, 0.1) is 52.3 Å². The molecule has 0 aromatic rings. The third-order valence-corrected chi connectivity index (χ3v) is 10.8. The Kier molecular flexibility index (Phi) is 6.13. The Morgan fingerprint density at radius 3 is 2.41 bits per heavy atom. The lowest BCUT2D eigenvalue weighted by molar-refractivity contribution is -0.105. The van der Waals surface area contributed by atoms with Gasteiger partial charge in [-0.1, -0.05) is 59.0 Å². The second-order valence-corrected chi connectivity index (χ2v) is 12.6. The topological polar surface area (TPSA) is 32.6 Å². The molecule has 2 nitrogen and oxygen atoms in total. The number of nitrogens with zero attached hydrogens (tertiary/aromatic N) is 1. The second kappa shape index (κ2) is 8.19. The molecule has 4 saturated carbocycles. The van der Waals surface area contributed by atoms with E-state index in [0.29, 0.717) is 10.8 Å². The Balaban J connectivity index is 1.46. The summed E-state index contributed by atoms with van der Waals surface area (Å²) in [5.74, 6) is 6.36. The minimum Gasteiger partial charge on any atom is -0.411 e. The first-order valence-electron chi connectivity index (χ1n) is 13.0. The molecule has 1 N–H and O–H groups in total. The van der Waals surface area contributed by atoms with Gasteiger partial charge in [-0.2, -0.15) is 0 Å². The SMILES string of the molecule is CC(C)CCC[C@@H](C)[C@H]1CC[C@H]2[C@@H]3CC[C@H]4C/C(=N\O)CC[C@]4(C)[C@H]3CC[C@]12C. The van der Waals surface area contributed by atoms with Gasteiger partial charge in [-0.3, -0.25) is 0 Å². The molecule has 8 atom stereocenters. The van der Waals surface area contributed by atoms with Crippen LogP contribution in [0.4, 0.5) is 0 Å². The molecule has 4 aliphatic carbocycles. The van der Waals surface area contributed by atoms with E-state index in [-0.39, 0.29) is 0 Å². The van der Waals surface area contributed by atoms with Crippen molar-refractivity contribution in [2.45, 2.75) is 112 Å². The van der Waals surface area contributed by atoms with Crippen LogP contribution in [-0.4, -0.2) is 10.9 Å². The van der Waals surface area contributed by atoms with E-state index < -0.39 is 0 Å². The zero-order chi connectivity index (χ0) is 20.8. The van der Waals surface area contributed by atoms with E-state index in [2.05, 4.69) is 39.8 Å². The molecule has 29 heavy (non-hydrogen) atoms. The van der Waals surface area contributed by atoms with Crippen LogP contribution < -0.4 is 0 Å². The van der Waals surface area contributed by atoms with Crippen molar-refractivity contribution in [3.05, 3.63) is 0 Å². The van der Waals surface area contributed by atoms with Crippen molar-refractivity contribution in [2.24, 2.45) is 57.4 Å². The van der Waals surface area contributed by atoms with Gasteiger partial charge >= 0.3 is 0 Å². The van der Waals surface area contributed by atoms with E-state index in [1.165, 1.54) is 64.2 Å². The van der Waals surface area contributed by atoms with Crippen LogP contribution in [0.15, 0.2) is 5.16 Å². The average molecular weight is 402 g/mol. The van der Waals surface area contributed by atoms with Crippen molar-refractivity contribution in [3.63, 3.8) is 0 Å². The van der Waals surface area contributed by atoms with Crippen LogP contribution in [0.5, 0.6) is 0 Å². The highest BCUT2D eigenvalue weighted by Gasteiger charge is 2.60. The van der Waals surface area contributed by atoms with Crippen LogP contribution in [0.1, 0.15) is 112 Å². The third-order valence-electron chi connectivity index (χ3n) is 10.8. The van der Waals surface area contributed by atoms with Gasteiger partial charge in [-0.05, 0) is 110 Å². The number of rotatable bonds is 5. The molecule has 0 aromatic carbocycles. The predicted octanol–water partition coefficient (Wildman–Crippen LogP) is 7.94. The molecular weight excluding hydrogens is 354 g/mol. The summed E-state index contributed by atoms with van der Waals surface area (Å²) in [5.41, 5.74) is 2.18. The van der Waals surface area contributed by atoms with Gasteiger partial charge in [0, 0.05) is 0 Å². The van der Waals surface area contributed by atoms with Gasteiger partial charge in [0.2, 0.25) is 0 Å². The molecular formula is C27H47NO. The molecule has 4 fully saturated rings. The molecule has 4 rings (SSSR count). The molecule has 0 saturated heterocycles. The van der Waals surface area contributed by atoms with E-state index in [0.717, 1.165) is 60.0 Å². The highest BCUT2D eigenvalue weighted by Crippen LogP contribution is 2.68. The molecule has 0 unspecified atom stereocenters. The zero-order valence-corrected chi connectivity index (χ0v) is 19.9. The number of hydrogen-bond donors (Lipinski definition) is 1. The van der Waals surface area contributed by atoms with Crippen LogP contribution in [0.3, 0.4) is 0 Å². The lowest BCUT2D eigenvalue weighted by Crippen LogP contribution is -2.53. The Labute approximate surface area is 180 Å². The maximum absolute atomic E-state index is 9.32. The Hall–Kier alpha value is -0.530. The van der Waals surface area contributed by atoms with Crippen molar-refractivity contribution in [3.8, 4) is 0 Å². The molecule has 0 bridgehead atoms. The second-order valence-electron chi connectivity index (χ2n) is 12.6. The van der Waals surface area contributed by atoms with Crippen LogP contribution >= 0.6 is 0 Å². The summed E-state index contributed by atoms with van der Waals surface area (Å²) in [5, 5.41) is 12.9. The first kappa shape index (κ1) is 21.7. The van der Waals surface area contributed by atoms with Gasteiger partial charge in [0.25, 0.3) is 0 Å². The van der Waals surface area contributed by atoms with Gasteiger partial charge < -0.3 is 5.21 Å². The average Bonchev–Trinajstić information content (AvgIpc) is 3.04. The summed E-state index contributed by atoms with van der Waals surface area (Å²) in [6.45, 7) is 12.6. The van der Waals surface area contributed by atoms with E-state index in [1.54, 1.807) is 0 Å². The third kappa shape index (κ3) is 3.69. The maximum Gasteiger partial charge on any atom is 0.0574 e. The molecule has 4 aliphatic rings. The number of oxime groups is 1. The Bertz CT molecular complexity index is 612. The molecule has 0 aromatic heterocycles. The fourth-order valence-electron chi connectivity index (χ4n) is 9.18. The number of hydrogen-bond acceptors (Lipinski definition) is 2. The first-order valence-corrected chi connectivity index (χ1v) is 13.0. The largest absolute Gasteiger partial charge is 0.411 e. The van der Waals surface area contributed by atoms with Gasteiger partial charge in [0.05, 0.1) is 5.71 Å². The van der Waals surface area contributed by atoms with E-state index >= 15 is 0 Å². The summed E-state index contributed by atoms with van der Waals surface area (Å²) in [6.07, 6.45) is 16.4. The van der Waals surface area contributed by atoms with Gasteiger partial charge in [0.15, 0.2) is 0 Å². The van der Waals surface area contributed by atoms with E-state index in [4.69, 9.17) is 0 Å². The highest BCUT2D eigenvalue weighted by atomic mass is 16.4. The minimum absolute atomic E-state index is 0.499. The molecule has 0 aliphatic heterocycles. The smallest absolute Gasteiger partial charge is 0.0574 e. The van der Waals surface area contributed by atoms with Crippen LogP contribution in [0.2, 0.25) is 0 Å². The van der Waals surface area contributed by atoms with E-state index in [1.807, 2.05) is 0 Å². The Morgan fingerprint density at radius 1 is 0.931 bits per heavy atom. The maximum atomic E-state index is 9.32. The molecule has 166 valence electrons. The Morgan fingerprint density at radius 2 is 1.69 bits per heavy atom. The standard InChI is InChI=1S/C27H47NO/c1-18(2)7-6-8-19(3)23-11-12-24-22-10-9-20-17-21(28-29)13-15-26(20,4)25(22)14-16-27(23,24)5/h18-20,22-25,29H,6-17H2,1-5H3/b28-21-/t19-,20+,22+,23-,24+,25+,26+,27-/m1/s1. The molecule has 0 amide bonds. The minimum atomic E-state index is 0.499. The van der Waals surface area contributed by atoms with Crippen molar-refractivity contribution in [2.75, 3.05) is 0 Å². The van der Waals surface area contributed by atoms with E-state index in [9.17, 15) is 5.21 Å². The molecule has 0 heterocycles. The predicted molar refractivity (Wildman–Crippen MR) is 122 cm³/mol. The summed E-state index contributed by atoms with van der Waals surface area (Å²) >= 11 is 0. The quantitative estimate of drug-likeness (QED) is 0.368. The lowest BCUT2D eigenvalue weighted by atomic mass is 9.44. The fraction of sp³-hybridized carbons (Fsp3) is 0.963. The normalized spacial score (nSPS) is 47.0. The lowest BCUT2D eigenvalue weighted by Gasteiger charge is -2.60. The monoisotopic (exact) mass is 401 g/mol. The summed E-state index contributed by atoms with van der Waals surface area (Å²) in [7, 11) is 0. The molecule has 0 radical (unpaired) electrons. The molecule has 2 heteroatoms. The van der Waals surface area contributed by atoms with Crippen LogP contribution in [-0.2, 0) is 0 Å². The van der Waals surface area contributed by atoms with Crippen molar-refractivity contribution in [1.82, 2.24) is 0 Å². The van der Waals surface area contributed by atoms with Crippen molar-refractivity contribution >= 4 is 5.71 Å². The summed E-state index contributed by atoms with van der Waals surface area (Å²) in [6, 6.07) is 0. The fourth-order valence-corrected chi connectivity index (χ4v) is 9.18. The van der Waals surface area contributed by atoms with Crippen molar-refractivity contribution in [1.29, 1.82) is 0 Å². The van der Waals surface area contributed by atoms with Gasteiger partial charge in [-0.25, -0.2) is 0 Å². The van der Waals surface area contributed by atoms with Gasteiger partial charge in [-0.15, -0.1) is 0 Å². The number of fused-ring (bicyclic) bond motifs is 5. The summed E-state index contributed by atoms with van der Waals surface area (Å²) in [4.78, 5) is 0.